The van der Waals surface area contributed by atoms with E-state index in [0.29, 0.717) is 12.4 Å². The monoisotopic (exact) mass is 281 g/mol. The third kappa shape index (κ3) is 7.78. The van der Waals surface area contributed by atoms with Crippen molar-refractivity contribution in [3.8, 4) is 0 Å². The van der Waals surface area contributed by atoms with Crippen molar-refractivity contribution in [3.63, 3.8) is 0 Å². The van der Waals surface area contributed by atoms with Crippen LogP contribution >= 0.6 is 11.8 Å². The average molecular weight is 281 g/mol. The van der Waals surface area contributed by atoms with Crippen molar-refractivity contribution in [2.75, 3.05) is 18.1 Å². The van der Waals surface area contributed by atoms with Gasteiger partial charge in [0.1, 0.15) is 0 Å². The molecule has 0 unspecified atom stereocenters. The van der Waals surface area contributed by atoms with Gasteiger partial charge in [0.05, 0.1) is 12.4 Å². The number of nitrogens with two attached hydrogens (primary N) is 1. The normalized spacial score (nSPS) is 10.4. The topological polar surface area (TPSA) is 52.3 Å². The molecule has 1 aromatic rings. The van der Waals surface area contributed by atoms with Crippen LogP contribution in [0.3, 0.4) is 0 Å². The molecule has 0 amide bonds. The first-order chi connectivity index (χ1) is 9.22. The van der Waals surface area contributed by atoms with E-state index in [4.69, 9.17) is 10.5 Å². The summed E-state index contributed by atoms with van der Waals surface area (Å²) in [6.07, 6.45) is 4.53. The SMILES string of the molecule is CCCCCCOC(=O)CSCc1ccc(N)cc1. The fraction of sp³-hybridized carbons (Fsp3) is 0.533. The number of carbonyl (C=O) groups is 1. The lowest BCUT2D eigenvalue weighted by atomic mass is 10.2. The zero-order valence-corrected chi connectivity index (χ0v) is 12.4. The van der Waals surface area contributed by atoms with Crippen LogP contribution < -0.4 is 5.73 Å². The Morgan fingerprint density at radius 1 is 1.21 bits per heavy atom. The molecule has 4 heteroatoms. The molecular weight excluding hydrogens is 258 g/mol. The number of anilines is 1. The Morgan fingerprint density at radius 3 is 2.63 bits per heavy atom. The number of esters is 1. The second-order valence-corrected chi connectivity index (χ2v) is 5.50. The van der Waals surface area contributed by atoms with Gasteiger partial charge in [-0.1, -0.05) is 38.3 Å². The number of ether oxygens (including phenoxy) is 1. The number of benzene rings is 1. The predicted molar refractivity (Wildman–Crippen MR) is 82.1 cm³/mol. The summed E-state index contributed by atoms with van der Waals surface area (Å²) in [5.41, 5.74) is 7.55. The van der Waals surface area contributed by atoms with E-state index in [1.54, 1.807) is 11.8 Å². The quantitative estimate of drug-likeness (QED) is 0.426. The zero-order chi connectivity index (χ0) is 13.9. The van der Waals surface area contributed by atoms with Gasteiger partial charge in [0.25, 0.3) is 0 Å². The molecule has 0 fully saturated rings. The van der Waals surface area contributed by atoms with Gasteiger partial charge in [-0.2, -0.15) is 0 Å². The van der Waals surface area contributed by atoms with E-state index >= 15 is 0 Å². The van der Waals surface area contributed by atoms with Crippen LogP contribution in [0.15, 0.2) is 24.3 Å². The van der Waals surface area contributed by atoms with Crippen molar-refractivity contribution in [1.29, 1.82) is 0 Å². The summed E-state index contributed by atoms with van der Waals surface area (Å²) >= 11 is 1.57. The van der Waals surface area contributed by atoms with Gasteiger partial charge in [-0.15, -0.1) is 11.8 Å². The molecule has 19 heavy (non-hydrogen) atoms. The molecule has 0 aliphatic carbocycles. The number of hydrogen-bond donors (Lipinski definition) is 1. The molecule has 0 radical (unpaired) electrons. The Bertz CT molecular complexity index is 365. The number of carbonyl (C=O) groups excluding carboxylic acids is 1. The van der Waals surface area contributed by atoms with E-state index in [-0.39, 0.29) is 5.97 Å². The molecule has 0 bridgehead atoms. The van der Waals surface area contributed by atoms with Gasteiger partial charge in [-0.3, -0.25) is 4.79 Å². The molecule has 1 rings (SSSR count). The molecule has 0 saturated heterocycles. The molecule has 106 valence electrons. The van der Waals surface area contributed by atoms with Crippen LogP contribution in [0.4, 0.5) is 5.69 Å². The van der Waals surface area contributed by atoms with Crippen molar-refractivity contribution < 1.29 is 9.53 Å². The van der Waals surface area contributed by atoms with Gasteiger partial charge >= 0.3 is 5.97 Å². The highest BCUT2D eigenvalue weighted by atomic mass is 32.2. The highest BCUT2D eigenvalue weighted by molar-refractivity contribution is 7.99. The van der Waals surface area contributed by atoms with Gasteiger partial charge in [0.15, 0.2) is 0 Å². The molecule has 0 atom stereocenters. The first-order valence-electron chi connectivity index (χ1n) is 6.80. The van der Waals surface area contributed by atoms with Crippen LogP contribution in [0.5, 0.6) is 0 Å². The van der Waals surface area contributed by atoms with E-state index in [0.717, 1.165) is 24.3 Å². The van der Waals surface area contributed by atoms with E-state index in [2.05, 4.69) is 6.92 Å². The molecule has 0 heterocycles. The van der Waals surface area contributed by atoms with Crippen molar-refractivity contribution in [1.82, 2.24) is 0 Å². The van der Waals surface area contributed by atoms with Crippen molar-refractivity contribution >= 4 is 23.4 Å². The van der Waals surface area contributed by atoms with Crippen molar-refractivity contribution in [3.05, 3.63) is 29.8 Å². The Balaban J connectivity index is 2.05. The summed E-state index contributed by atoms with van der Waals surface area (Å²) in [4.78, 5) is 11.5. The van der Waals surface area contributed by atoms with Gasteiger partial charge < -0.3 is 10.5 Å². The lowest BCUT2D eigenvalue weighted by molar-refractivity contribution is -0.140. The third-order valence-electron chi connectivity index (χ3n) is 2.73. The maximum absolute atomic E-state index is 11.5. The lowest BCUT2D eigenvalue weighted by Gasteiger charge is -2.05. The fourth-order valence-electron chi connectivity index (χ4n) is 1.62. The molecule has 1 aromatic carbocycles. The number of unbranched alkanes of at least 4 members (excludes halogenated alkanes) is 3. The molecule has 0 spiro atoms. The Hall–Kier alpha value is -1.16. The minimum absolute atomic E-state index is 0.114. The predicted octanol–water partition coefficient (Wildman–Crippen LogP) is 3.63. The summed E-state index contributed by atoms with van der Waals surface area (Å²) in [7, 11) is 0. The Kier molecular flexibility index (Phi) is 8.14. The second-order valence-electron chi connectivity index (χ2n) is 4.52. The van der Waals surface area contributed by atoms with E-state index < -0.39 is 0 Å². The Labute approximate surface area is 119 Å². The third-order valence-corrected chi connectivity index (χ3v) is 3.71. The first kappa shape index (κ1) is 15.9. The fourth-order valence-corrected chi connectivity index (χ4v) is 2.40. The van der Waals surface area contributed by atoms with E-state index in [9.17, 15) is 4.79 Å². The van der Waals surface area contributed by atoms with E-state index in [1.807, 2.05) is 24.3 Å². The summed E-state index contributed by atoms with van der Waals surface area (Å²) in [6.45, 7) is 2.72. The highest BCUT2D eigenvalue weighted by Crippen LogP contribution is 2.14. The molecule has 0 aliphatic rings. The standard InChI is InChI=1S/C15H23NO2S/c1-2-3-4-5-10-18-15(17)12-19-11-13-6-8-14(16)9-7-13/h6-9H,2-5,10-12,16H2,1H3. The summed E-state index contributed by atoms with van der Waals surface area (Å²) in [5.74, 6) is 1.11. The lowest BCUT2D eigenvalue weighted by Crippen LogP contribution is -2.08. The molecule has 2 N–H and O–H groups in total. The smallest absolute Gasteiger partial charge is 0.315 e. The molecular formula is C15H23NO2S. The molecule has 3 nitrogen and oxygen atoms in total. The summed E-state index contributed by atoms with van der Waals surface area (Å²) in [5, 5.41) is 0. The van der Waals surface area contributed by atoms with Crippen LogP contribution in [0.1, 0.15) is 38.2 Å². The average Bonchev–Trinajstić information content (AvgIpc) is 2.41. The largest absolute Gasteiger partial charge is 0.465 e. The first-order valence-corrected chi connectivity index (χ1v) is 7.95. The van der Waals surface area contributed by atoms with Gasteiger partial charge in [0.2, 0.25) is 0 Å². The van der Waals surface area contributed by atoms with Crippen LogP contribution in [-0.4, -0.2) is 18.3 Å². The maximum Gasteiger partial charge on any atom is 0.315 e. The van der Waals surface area contributed by atoms with Gasteiger partial charge in [0, 0.05) is 11.4 Å². The number of thioether (sulfide) groups is 1. The van der Waals surface area contributed by atoms with Crippen LogP contribution in [0.25, 0.3) is 0 Å². The number of nitrogen functional groups attached to an aromatic ring is 1. The highest BCUT2D eigenvalue weighted by Gasteiger charge is 2.03. The second kappa shape index (κ2) is 9.73. The maximum atomic E-state index is 11.5. The number of hydrogen-bond acceptors (Lipinski definition) is 4. The Morgan fingerprint density at radius 2 is 1.95 bits per heavy atom. The van der Waals surface area contributed by atoms with Gasteiger partial charge in [-0.05, 0) is 24.1 Å². The van der Waals surface area contributed by atoms with Crippen molar-refractivity contribution in [2.24, 2.45) is 0 Å². The van der Waals surface area contributed by atoms with E-state index in [1.165, 1.54) is 18.4 Å². The van der Waals surface area contributed by atoms with Crippen LogP contribution in [0.2, 0.25) is 0 Å². The van der Waals surface area contributed by atoms with Crippen molar-refractivity contribution in [2.45, 2.75) is 38.4 Å². The minimum atomic E-state index is -0.114. The van der Waals surface area contributed by atoms with Crippen LogP contribution in [0, 0.1) is 0 Å². The number of rotatable bonds is 9. The summed E-state index contributed by atoms with van der Waals surface area (Å²) < 4.78 is 5.17. The van der Waals surface area contributed by atoms with Crippen LogP contribution in [-0.2, 0) is 15.3 Å². The molecule has 0 saturated carbocycles. The van der Waals surface area contributed by atoms with Gasteiger partial charge in [-0.25, -0.2) is 0 Å². The molecule has 0 aromatic heterocycles. The molecule has 0 aliphatic heterocycles. The zero-order valence-electron chi connectivity index (χ0n) is 11.6. The summed E-state index contributed by atoms with van der Waals surface area (Å²) in [6, 6.07) is 7.72. The minimum Gasteiger partial charge on any atom is -0.465 e.